The molecule has 3 nitrogen and oxygen atoms in total. The number of carbonyl (C=O) groups excluding carboxylic acids is 1. The van der Waals surface area contributed by atoms with Gasteiger partial charge in [0.1, 0.15) is 0 Å². The lowest BCUT2D eigenvalue weighted by Gasteiger charge is -1.96. The molecule has 1 fully saturated rings. The van der Waals surface area contributed by atoms with Gasteiger partial charge in [0.2, 0.25) is 0 Å². The summed E-state index contributed by atoms with van der Waals surface area (Å²) in [6.07, 6.45) is 2.62. The van der Waals surface area contributed by atoms with Gasteiger partial charge in [-0.15, -0.1) is 0 Å². The molecule has 0 spiro atoms. The summed E-state index contributed by atoms with van der Waals surface area (Å²) < 4.78 is 10.0. The molecule has 1 aliphatic rings. The van der Waals surface area contributed by atoms with Crippen molar-refractivity contribution < 1.29 is 14.3 Å². The van der Waals surface area contributed by atoms with E-state index in [1.807, 2.05) is 6.92 Å². The largest absolute Gasteiger partial charge is 0.463 e. The predicted molar refractivity (Wildman–Crippen MR) is 44.7 cm³/mol. The van der Waals surface area contributed by atoms with Gasteiger partial charge >= 0.3 is 5.97 Å². The summed E-state index contributed by atoms with van der Waals surface area (Å²) >= 11 is 0. The second-order valence-electron chi connectivity index (χ2n) is 2.88. The van der Waals surface area contributed by atoms with Crippen molar-refractivity contribution in [2.24, 2.45) is 0 Å². The van der Waals surface area contributed by atoms with E-state index < -0.39 is 0 Å². The van der Waals surface area contributed by atoms with Crippen LogP contribution in [0.25, 0.3) is 0 Å². The molecule has 1 atom stereocenters. The maximum Gasteiger partial charge on any atom is 0.330 e. The molecule has 1 saturated heterocycles. The lowest BCUT2D eigenvalue weighted by Crippen LogP contribution is -2.01. The van der Waals surface area contributed by atoms with Crippen LogP contribution in [0, 0.1) is 0 Å². The normalized spacial score (nSPS) is 26.2. The molecule has 0 N–H and O–H groups in total. The highest BCUT2D eigenvalue weighted by molar-refractivity contribution is 5.82. The Hall–Kier alpha value is -0.830. The third-order valence-electron chi connectivity index (χ3n) is 1.71. The Morgan fingerprint density at radius 2 is 2.58 bits per heavy atom. The van der Waals surface area contributed by atoms with Crippen molar-refractivity contribution in [3.05, 3.63) is 11.6 Å². The molecule has 1 unspecified atom stereocenters. The molecule has 0 aromatic rings. The summed E-state index contributed by atoms with van der Waals surface area (Å²) in [7, 11) is 0. The molecule has 0 aliphatic carbocycles. The van der Waals surface area contributed by atoms with E-state index in [2.05, 4.69) is 0 Å². The van der Waals surface area contributed by atoms with Crippen molar-refractivity contribution in [1.82, 2.24) is 0 Å². The van der Waals surface area contributed by atoms with Crippen LogP contribution in [0.4, 0.5) is 0 Å². The predicted octanol–water partition coefficient (Wildman–Crippen LogP) is 1.28. The quantitative estimate of drug-likeness (QED) is 0.462. The lowest BCUT2D eigenvalue weighted by atomic mass is 10.2. The molecule has 1 heterocycles. The minimum absolute atomic E-state index is 0.241. The van der Waals surface area contributed by atoms with Gasteiger partial charge in [0.25, 0.3) is 0 Å². The van der Waals surface area contributed by atoms with E-state index in [0.717, 1.165) is 12.0 Å². The van der Waals surface area contributed by atoms with Crippen molar-refractivity contribution in [2.75, 3.05) is 13.2 Å². The van der Waals surface area contributed by atoms with Gasteiger partial charge in [-0.1, -0.05) is 0 Å². The number of hydrogen-bond acceptors (Lipinski definition) is 3. The molecule has 12 heavy (non-hydrogen) atoms. The molecule has 0 saturated carbocycles. The van der Waals surface area contributed by atoms with Gasteiger partial charge in [-0.2, -0.15) is 0 Å². The number of esters is 1. The highest BCUT2D eigenvalue weighted by Crippen LogP contribution is 2.17. The average Bonchev–Trinajstić information content (AvgIpc) is 2.36. The average molecular weight is 170 g/mol. The van der Waals surface area contributed by atoms with E-state index >= 15 is 0 Å². The number of carbonyl (C=O) groups is 1. The van der Waals surface area contributed by atoms with Gasteiger partial charge in [0.15, 0.2) is 0 Å². The van der Waals surface area contributed by atoms with Crippen molar-refractivity contribution >= 4 is 5.97 Å². The zero-order chi connectivity index (χ0) is 8.97. The SMILES string of the molecule is CCOC(=O)/C=C1\COC(C)C1. The van der Waals surface area contributed by atoms with E-state index in [-0.39, 0.29) is 12.1 Å². The first kappa shape index (κ1) is 9.26. The Labute approximate surface area is 72.4 Å². The zero-order valence-corrected chi connectivity index (χ0v) is 7.50. The van der Waals surface area contributed by atoms with Gasteiger partial charge in [0, 0.05) is 6.08 Å². The van der Waals surface area contributed by atoms with Gasteiger partial charge in [-0.3, -0.25) is 0 Å². The second kappa shape index (κ2) is 4.26. The molecule has 0 bridgehead atoms. The molecule has 3 heteroatoms. The van der Waals surface area contributed by atoms with Crippen LogP contribution in [0.5, 0.6) is 0 Å². The van der Waals surface area contributed by atoms with Crippen LogP contribution in [-0.4, -0.2) is 25.3 Å². The minimum Gasteiger partial charge on any atom is -0.463 e. The van der Waals surface area contributed by atoms with Crippen molar-refractivity contribution in [3.63, 3.8) is 0 Å². The van der Waals surface area contributed by atoms with Crippen LogP contribution in [0.3, 0.4) is 0 Å². The van der Waals surface area contributed by atoms with Crippen molar-refractivity contribution in [2.45, 2.75) is 26.4 Å². The first-order chi connectivity index (χ1) is 5.72. The summed E-state index contributed by atoms with van der Waals surface area (Å²) in [5.74, 6) is -0.259. The first-order valence-electron chi connectivity index (χ1n) is 4.20. The van der Waals surface area contributed by atoms with Gasteiger partial charge in [0.05, 0.1) is 19.3 Å². The smallest absolute Gasteiger partial charge is 0.330 e. The van der Waals surface area contributed by atoms with Crippen LogP contribution in [-0.2, 0) is 14.3 Å². The van der Waals surface area contributed by atoms with Crippen LogP contribution >= 0.6 is 0 Å². The zero-order valence-electron chi connectivity index (χ0n) is 7.50. The van der Waals surface area contributed by atoms with Crippen LogP contribution in [0.1, 0.15) is 20.3 Å². The Balaban J connectivity index is 2.41. The Bertz CT molecular complexity index is 196. The Kier molecular flexibility index (Phi) is 3.29. The Morgan fingerprint density at radius 3 is 3.08 bits per heavy atom. The summed E-state index contributed by atoms with van der Waals surface area (Å²) in [6, 6.07) is 0. The molecule has 0 radical (unpaired) electrons. The number of ether oxygens (including phenoxy) is 2. The lowest BCUT2D eigenvalue weighted by molar-refractivity contribution is -0.137. The van der Waals surface area contributed by atoms with E-state index in [9.17, 15) is 4.79 Å². The van der Waals surface area contributed by atoms with Gasteiger partial charge in [-0.25, -0.2) is 4.79 Å². The van der Waals surface area contributed by atoms with Crippen molar-refractivity contribution in [3.8, 4) is 0 Å². The highest BCUT2D eigenvalue weighted by Gasteiger charge is 2.16. The third kappa shape index (κ3) is 2.66. The first-order valence-corrected chi connectivity index (χ1v) is 4.20. The third-order valence-corrected chi connectivity index (χ3v) is 1.71. The monoisotopic (exact) mass is 170 g/mol. The molecule has 0 aromatic heterocycles. The molecule has 68 valence electrons. The van der Waals surface area contributed by atoms with Crippen LogP contribution in [0.2, 0.25) is 0 Å². The van der Waals surface area contributed by atoms with Gasteiger partial charge in [-0.05, 0) is 25.8 Å². The fourth-order valence-corrected chi connectivity index (χ4v) is 1.19. The molecular weight excluding hydrogens is 156 g/mol. The maximum absolute atomic E-state index is 11.0. The van der Waals surface area contributed by atoms with E-state index in [4.69, 9.17) is 9.47 Å². The minimum atomic E-state index is -0.259. The van der Waals surface area contributed by atoms with Gasteiger partial charge < -0.3 is 9.47 Å². The summed E-state index contributed by atoms with van der Waals surface area (Å²) in [5.41, 5.74) is 1.03. The Morgan fingerprint density at radius 1 is 1.83 bits per heavy atom. The summed E-state index contributed by atoms with van der Waals surface area (Å²) in [4.78, 5) is 11.0. The van der Waals surface area contributed by atoms with Crippen LogP contribution < -0.4 is 0 Å². The molecule has 0 amide bonds. The topological polar surface area (TPSA) is 35.5 Å². The standard InChI is InChI=1S/C9H14O3/c1-3-11-9(10)5-8-4-7(2)12-6-8/h5,7H,3-4,6H2,1-2H3/b8-5-. The highest BCUT2D eigenvalue weighted by atomic mass is 16.5. The molecule has 0 aromatic carbocycles. The fraction of sp³-hybridized carbons (Fsp3) is 0.667. The molecule has 1 aliphatic heterocycles. The van der Waals surface area contributed by atoms with E-state index in [1.165, 1.54) is 6.08 Å². The van der Waals surface area contributed by atoms with E-state index in [1.54, 1.807) is 6.92 Å². The maximum atomic E-state index is 11.0. The molecular formula is C9H14O3. The summed E-state index contributed by atoms with van der Waals surface area (Å²) in [5, 5.41) is 0. The van der Waals surface area contributed by atoms with E-state index in [0.29, 0.717) is 13.2 Å². The number of hydrogen-bond donors (Lipinski definition) is 0. The summed E-state index contributed by atoms with van der Waals surface area (Å²) in [6.45, 7) is 4.79. The number of rotatable bonds is 2. The van der Waals surface area contributed by atoms with Crippen molar-refractivity contribution in [1.29, 1.82) is 0 Å². The fourth-order valence-electron chi connectivity index (χ4n) is 1.19. The molecule has 1 rings (SSSR count). The van der Waals surface area contributed by atoms with Crippen LogP contribution in [0.15, 0.2) is 11.6 Å². The second-order valence-corrected chi connectivity index (χ2v) is 2.88.